The van der Waals surface area contributed by atoms with E-state index in [1.807, 2.05) is 66.7 Å². The second-order valence-corrected chi connectivity index (χ2v) is 10.1. The number of hydrogen-bond acceptors (Lipinski definition) is 7. The Labute approximate surface area is 258 Å². The minimum atomic E-state index is -1.23. The largest absolute Gasteiger partial charge is 1.00 e. The van der Waals surface area contributed by atoms with E-state index in [-0.39, 0.29) is 63.1 Å². The summed E-state index contributed by atoms with van der Waals surface area (Å²) in [6.45, 7) is 14.8. The number of ether oxygens (including phenoxy) is 3. The van der Waals surface area contributed by atoms with Gasteiger partial charge >= 0.3 is 35.5 Å². The SMILES string of the molecule is COc1cccc(C(=O)NC(C)(O)C(C)C)c1C.COc1cccc(C2=NC(C)(C(C)C)C(=O)O2)c1C.[B].[H-].[Na+]. The third-order valence-corrected chi connectivity index (χ3v) is 7.03. The van der Waals surface area contributed by atoms with Gasteiger partial charge in [-0.25, -0.2) is 9.79 Å². The van der Waals surface area contributed by atoms with Crippen molar-refractivity contribution in [1.82, 2.24) is 5.32 Å². The number of benzene rings is 2. The van der Waals surface area contributed by atoms with E-state index >= 15 is 0 Å². The van der Waals surface area contributed by atoms with Crippen molar-refractivity contribution in [3.63, 3.8) is 0 Å². The molecule has 3 radical (unpaired) electrons. The Morgan fingerprint density at radius 3 is 2.03 bits per heavy atom. The van der Waals surface area contributed by atoms with Crippen LogP contribution in [0.1, 0.15) is 70.0 Å². The van der Waals surface area contributed by atoms with Crippen molar-refractivity contribution in [2.75, 3.05) is 14.2 Å². The zero-order valence-electron chi connectivity index (χ0n) is 26.1. The average Bonchev–Trinajstić information content (AvgIpc) is 3.14. The number of aliphatic hydroxyl groups is 1. The summed E-state index contributed by atoms with van der Waals surface area (Å²) in [4.78, 5) is 28.6. The molecule has 1 amide bonds. The van der Waals surface area contributed by atoms with E-state index < -0.39 is 11.3 Å². The maximum Gasteiger partial charge on any atom is 1.00 e. The van der Waals surface area contributed by atoms with Crippen LogP contribution in [0.15, 0.2) is 41.4 Å². The molecule has 39 heavy (non-hydrogen) atoms. The predicted molar refractivity (Wildman–Crippen MR) is 151 cm³/mol. The van der Waals surface area contributed by atoms with Crippen LogP contribution >= 0.6 is 0 Å². The van der Waals surface area contributed by atoms with Crippen LogP contribution in [0.5, 0.6) is 11.5 Å². The van der Waals surface area contributed by atoms with Crippen molar-refractivity contribution in [1.29, 1.82) is 0 Å². The summed E-state index contributed by atoms with van der Waals surface area (Å²) >= 11 is 0. The van der Waals surface area contributed by atoms with Gasteiger partial charge in [0.2, 0.25) is 5.90 Å². The van der Waals surface area contributed by atoms with Gasteiger partial charge < -0.3 is 26.1 Å². The fraction of sp³-hybridized carbons (Fsp3) is 0.483. The van der Waals surface area contributed by atoms with Crippen LogP contribution in [0.2, 0.25) is 0 Å². The Morgan fingerprint density at radius 2 is 1.56 bits per heavy atom. The maximum atomic E-state index is 12.1. The molecule has 1 aliphatic heterocycles. The number of hydrogen-bond donors (Lipinski definition) is 2. The van der Waals surface area contributed by atoms with E-state index in [4.69, 9.17) is 14.2 Å². The molecule has 0 fully saturated rings. The summed E-state index contributed by atoms with van der Waals surface area (Å²) in [5, 5.41) is 12.7. The third-order valence-electron chi connectivity index (χ3n) is 7.03. The Bertz CT molecular complexity index is 1190. The summed E-state index contributed by atoms with van der Waals surface area (Å²) in [5.74, 6) is 1.22. The van der Waals surface area contributed by atoms with Crippen molar-refractivity contribution >= 4 is 26.2 Å². The number of cyclic esters (lactones) is 1. The number of aliphatic imine (C=N–C) groups is 1. The summed E-state index contributed by atoms with van der Waals surface area (Å²) in [6, 6.07) is 10.9. The first-order chi connectivity index (χ1) is 17.2. The molecular weight excluding hydrogens is 506 g/mol. The van der Waals surface area contributed by atoms with Gasteiger partial charge in [0.15, 0.2) is 5.54 Å². The molecular formula is C29H41BN2NaO6. The first kappa shape index (κ1) is 36.7. The van der Waals surface area contributed by atoms with Gasteiger partial charge in [-0.3, -0.25) is 4.79 Å². The molecule has 0 spiro atoms. The van der Waals surface area contributed by atoms with Crippen molar-refractivity contribution in [2.45, 2.75) is 66.7 Å². The number of methoxy groups -OCH3 is 2. The molecule has 10 heteroatoms. The van der Waals surface area contributed by atoms with Crippen molar-refractivity contribution < 1.29 is 59.9 Å². The second-order valence-electron chi connectivity index (χ2n) is 10.1. The number of nitrogens with zero attached hydrogens (tertiary/aromatic N) is 1. The Kier molecular flexibility index (Phi) is 14.0. The molecule has 3 rings (SSSR count). The van der Waals surface area contributed by atoms with Gasteiger partial charge in [-0.1, -0.05) is 39.8 Å². The van der Waals surface area contributed by atoms with Gasteiger partial charge in [-0.2, -0.15) is 0 Å². The van der Waals surface area contributed by atoms with E-state index in [0.29, 0.717) is 17.2 Å². The van der Waals surface area contributed by atoms with Crippen LogP contribution < -0.4 is 44.3 Å². The fourth-order valence-electron chi connectivity index (χ4n) is 3.54. The molecule has 2 aromatic carbocycles. The van der Waals surface area contributed by atoms with Gasteiger partial charge in [0, 0.05) is 36.6 Å². The van der Waals surface area contributed by atoms with Crippen molar-refractivity contribution in [2.24, 2.45) is 16.8 Å². The maximum absolute atomic E-state index is 12.1. The Morgan fingerprint density at radius 1 is 1.05 bits per heavy atom. The molecule has 0 saturated carbocycles. The van der Waals surface area contributed by atoms with E-state index in [0.717, 1.165) is 22.4 Å². The summed E-state index contributed by atoms with van der Waals surface area (Å²) < 4.78 is 15.8. The standard InChI is InChI=1S/C15H19NO3.C14H21NO3.B.Na.H/c1-9(2)15(4)14(17)19-13(16-15)11-7-6-8-12(18-5)10(11)3;1-9(2)14(4,17)15-13(16)11-7-6-8-12(18-5)10(11)3;;;/h6-9H,1-5H3;6-9,17H,1-5H3,(H,15,16);;;/q;;;+1;-1. The topological polar surface area (TPSA) is 106 Å². The fourth-order valence-corrected chi connectivity index (χ4v) is 3.54. The predicted octanol–water partition coefficient (Wildman–Crippen LogP) is 1.56. The van der Waals surface area contributed by atoms with Gasteiger partial charge in [-0.15, -0.1) is 0 Å². The number of esters is 1. The number of carbonyl (C=O) groups excluding carboxylic acids is 2. The molecule has 0 aliphatic carbocycles. The van der Waals surface area contributed by atoms with Crippen LogP contribution in [-0.4, -0.2) is 56.8 Å². The third kappa shape index (κ3) is 8.33. The second kappa shape index (κ2) is 14.9. The van der Waals surface area contributed by atoms with Gasteiger partial charge in [0.25, 0.3) is 5.91 Å². The van der Waals surface area contributed by atoms with Gasteiger partial charge in [-0.05, 0) is 57.9 Å². The molecule has 207 valence electrons. The Hall–Kier alpha value is -2.33. The zero-order valence-corrected chi connectivity index (χ0v) is 27.1. The molecule has 0 saturated heterocycles. The molecule has 2 atom stereocenters. The Balaban J connectivity index is 0. The first-order valence-electron chi connectivity index (χ1n) is 12.3. The molecule has 2 N–H and O–H groups in total. The quantitative estimate of drug-likeness (QED) is 0.310. The number of carbonyl (C=O) groups is 2. The van der Waals surface area contributed by atoms with Crippen molar-refractivity contribution in [3.8, 4) is 11.5 Å². The van der Waals surface area contributed by atoms with Crippen LogP contribution in [0.25, 0.3) is 0 Å². The van der Waals surface area contributed by atoms with E-state index in [1.54, 1.807) is 39.3 Å². The number of amides is 1. The average molecular weight is 547 g/mol. The normalized spacial score (nSPS) is 17.5. The number of rotatable bonds is 7. The molecule has 2 unspecified atom stereocenters. The minimum absolute atomic E-state index is 0. The summed E-state index contributed by atoms with van der Waals surface area (Å²) in [6.07, 6.45) is 0. The molecule has 8 nitrogen and oxygen atoms in total. The number of nitrogens with one attached hydrogen (secondary N) is 1. The van der Waals surface area contributed by atoms with E-state index in [2.05, 4.69) is 10.3 Å². The van der Waals surface area contributed by atoms with E-state index in [1.165, 1.54) is 0 Å². The first-order valence-corrected chi connectivity index (χ1v) is 12.3. The van der Waals surface area contributed by atoms with Crippen LogP contribution in [-0.2, 0) is 9.53 Å². The van der Waals surface area contributed by atoms with Gasteiger partial charge in [0.05, 0.1) is 14.2 Å². The minimum Gasteiger partial charge on any atom is -1.00 e. The van der Waals surface area contributed by atoms with Gasteiger partial charge in [0.1, 0.15) is 17.2 Å². The summed E-state index contributed by atoms with van der Waals surface area (Å²) in [7, 11) is 3.18. The molecule has 2 aromatic rings. The molecule has 1 heterocycles. The van der Waals surface area contributed by atoms with Crippen molar-refractivity contribution in [3.05, 3.63) is 58.7 Å². The smallest absolute Gasteiger partial charge is 1.00 e. The summed E-state index contributed by atoms with van der Waals surface area (Å²) in [5.41, 5.74) is 0.964. The van der Waals surface area contributed by atoms with E-state index in [9.17, 15) is 14.7 Å². The molecule has 0 bridgehead atoms. The molecule has 0 aromatic heterocycles. The zero-order chi connectivity index (χ0) is 28.1. The molecule has 1 aliphatic rings. The van der Waals surface area contributed by atoms with Crippen LogP contribution in [0.4, 0.5) is 0 Å². The van der Waals surface area contributed by atoms with Crippen LogP contribution in [0, 0.1) is 25.7 Å². The monoisotopic (exact) mass is 547 g/mol. The van der Waals surface area contributed by atoms with Crippen LogP contribution in [0.3, 0.4) is 0 Å².